The third kappa shape index (κ3) is 3.62. The van der Waals surface area contributed by atoms with Gasteiger partial charge >= 0.3 is 0 Å². The quantitative estimate of drug-likeness (QED) is 0.740. The summed E-state index contributed by atoms with van der Waals surface area (Å²) in [4.78, 5) is 8.16. The fraction of sp³-hybridized carbons (Fsp3) is 0.421. The van der Waals surface area contributed by atoms with E-state index in [9.17, 15) is 8.78 Å². The van der Waals surface area contributed by atoms with Gasteiger partial charge in [-0.1, -0.05) is 30.3 Å². The number of hydrogen-bond donors (Lipinski definition) is 1. The van der Waals surface area contributed by atoms with Gasteiger partial charge < -0.3 is 10.5 Å². The lowest BCUT2D eigenvalue weighted by Gasteiger charge is -2.32. The number of benzene rings is 1. The van der Waals surface area contributed by atoms with Crippen LogP contribution in [0.5, 0.6) is 0 Å². The minimum Gasteiger partial charge on any atom is -0.383 e. The van der Waals surface area contributed by atoms with Gasteiger partial charge in [-0.2, -0.15) is 5.10 Å². The second-order valence-electron chi connectivity index (χ2n) is 6.82. The van der Waals surface area contributed by atoms with E-state index in [2.05, 4.69) is 15.1 Å². The summed E-state index contributed by atoms with van der Waals surface area (Å²) in [5.74, 6) is 0.356. The van der Waals surface area contributed by atoms with Crippen LogP contribution in [0.1, 0.15) is 37.0 Å². The van der Waals surface area contributed by atoms with Crippen LogP contribution < -0.4 is 5.73 Å². The van der Waals surface area contributed by atoms with E-state index < -0.39 is 18.4 Å². The molecular formula is C19H21F2N5O. The molecule has 142 valence electrons. The van der Waals surface area contributed by atoms with Crippen molar-refractivity contribution in [1.82, 2.24) is 19.7 Å². The Morgan fingerprint density at radius 1 is 1.22 bits per heavy atom. The number of nitrogens with two attached hydrogens (primary N) is 1. The summed E-state index contributed by atoms with van der Waals surface area (Å²) in [5, 5.41) is 4.98. The zero-order valence-electron chi connectivity index (χ0n) is 14.7. The number of fused-ring (bicyclic) bond motifs is 1. The summed E-state index contributed by atoms with van der Waals surface area (Å²) in [6.45, 7) is -0.145. The molecule has 2 N–H and O–H groups in total. The van der Waals surface area contributed by atoms with Crippen molar-refractivity contribution in [2.24, 2.45) is 0 Å². The predicted octanol–water partition coefficient (Wildman–Crippen LogP) is 3.57. The van der Waals surface area contributed by atoms with Gasteiger partial charge in [0.1, 0.15) is 24.5 Å². The van der Waals surface area contributed by atoms with E-state index in [4.69, 9.17) is 10.5 Å². The molecule has 0 saturated heterocycles. The predicted molar refractivity (Wildman–Crippen MR) is 97.6 cm³/mol. The average Bonchev–Trinajstić information content (AvgIpc) is 3.13. The molecule has 0 spiro atoms. The zero-order valence-corrected chi connectivity index (χ0v) is 14.7. The van der Waals surface area contributed by atoms with Crippen LogP contribution in [0, 0.1) is 0 Å². The van der Waals surface area contributed by atoms with Crippen molar-refractivity contribution in [2.75, 3.05) is 12.3 Å². The molecule has 0 amide bonds. The molecule has 1 aliphatic rings. The number of alkyl halides is 2. The Morgan fingerprint density at radius 3 is 2.81 bits per heavy atom. The van der Waals surface area contributed by atoms with Crippen molar-refractivity contribution in [3.8, 4) is 0 Å². The van der Waals surface area contributed by atoms with E-state index in [0.29, 0.717) is 35.3 Å². The van der Waals surface area contributed by atoms with Crippen LogP contribution in [0.3, 0.4) is 0 Å². The normalized spacial score (nSPS) is 24.1. The summed E-state index contributed by atoms with van der Waals surface area (Å²) in [7, 11) is 0. The van der Waals surface area contributed by atoms with Gasteiger partial charge in [0, 0.05) is 6.42 Å². The highest BCUT2D eigenvalue weighted by atomic mass is 19.1. The van der Waals surface area contributed by atoms with Gasteiger partial charge in [-0.3, -0.25) is 0 Å². The van der Waals surface area contributed by atoms with Gasteiger partial charge in [0.2, 0.25) is 0 Å². The summed E-state index contributed by atoms with van der Waals surface area (Å²) in [6.07, 6.45) is 1.34. The third-order valence-corrected chi connectivity index (χ3v) is 5.07. The van der Waals surface area contributed by atoms with Crippen molar-refractivity contribution in [3.05, 3.63) is 48.4 Å². The SMILES string of the molecule is Nc1ncnc2c1cnn2C1CCC(OCC(F)c2ccccc2)C(F)C1. The van der Waals surface area contributed by atoms with Crippen LogP contribution in [0.4, 0.5) is 14.6 Å². The maximum Gasteiger partial charge on any atom is 0.163 e. The molecule has 8 heteroatoms. The number of ether oxygens (including phenoxy) is 1. The molecule has 27 heavy (non-hydrogen) atoms. The minimum atomic E-state index is -1.26. The highest BCUT2D eigenvalue weighted by molar-refractivity contribution is 5.84. The molecule has 2 aromatic heterocycles. The fourth-order valence-corrected chi connectivity index (χ4v) is 3.59. The summed E-state index contributed by atoms with van der Waals surface area (Å²) < 4.78 is 36.2. The third-order valence-electron chi connectivity index (χ3n) is 5.07. The number of hydrogen-bond acceptors (Lipinski definition) is 5. The van der Waals surface area contributed by atoms with Crippen molar-refractivity contribution in [3.63, 3.8) is 0 Å². The monoisotopic (exact) mass is 373 g/mol. The second-order valence-corrected chi connectivity index (χ2v) is 6.82. The standard InChI is InChI=1S/C19H21F2N5O/c20-15-8-13(26-19-14(9-25-26)18(22)23-11-24-19)6-7-17(15)27-10-16(21)12-4-2-1-3-5-12/h1-5,9,11,13,15-17H,6-8,10H2,(H2,22,23,24). The lowest BCUT2D eigenvalue weighted by atomic mass is 9.91. The van der Waals surface area contributed by atoms with Gasteiger partial charge in [-0.05, 0) is 18.4 Å². The summed E-state index contributed by atoms with van der Waals surface area (Å²) in [6, 6.07) is 8.64. The topological polar surface area (TPSA) is 78.9 Å². The van der Waals surface area contributed by atoms with Gasteiger partial charge in [0.15, 0.2) is 5.65 Å². The molecule has 1 aromatic carbocycles. The highest BCUT2D eigenvalue weighted by Crippen LogP contribution is 2.34. The number of aromatic nitrogens is 4. The van der Waals surface area contributed by atoms with Crippen LogP contribution in [-0.2, 0) is 4.74 Å². The molecule has 0 aliphatic heterocycles. The Hall–Kier alpha value is -2.61. The molecule has 4 atom stereocenters. The lowest BCUT2D eigenvalue weighted by molar-refractivity contribution is -0.0525. The second kappa shape index (κ2) is 7.56. The minimum absolute atomic E-state index is 0.137. The zero-order chi connectivity index (χ0) is 18.8. The van der Waals surface area contributed by atoms with E-state index >= 15 is 0 Å². The van der Waals surface area contributed by atoms with E-state index in [0.717, 1.165) is 0 Å². The molecule has 1 fully saturated rings. The largest absolute Gasteiger partial charge is 0.383 e. The smallest absolute Gasteiger partial charge is 0.163 e. The number of rotatable bonds is 5. The number of halogens is 2. The van der Waals surface area contributed by atoms with Crippen molar-refractivity contribution >= 4 is 16.9 Å². The Morgan fingerprint density at radius 2 is 2.04 bits per heavy atom. The highest BCUT2D eigenvalue weighted by Gasteiger charge is 2.34. The van der Waals surface area contributed by atoms with E-state index in [-0.39, 0.29) is 19.1 Å². The molecule has 3 aromatic rings. The lowest BCUT2D eigenvalue weighted by Crippen LogP contribution is -2.35. The van der Waals surface area contributed by atoms with E-state index in [1.807, 2.05) is 6.07 Å². The maximum atomic E-state index is 14.7. The first kappa shape index (κ1) is 17.8. The number of nitrogens with zero attached hydrogens (tertiary/aromatic N) is 4. The Kier molecular flexibility index (Phi) is 4.98. The van der Waals surface area contributed by atoms with Crippen molar-refractivity contribution in [2.45, 2.75) is 43.8 Å². The number of nitrogen functional groups attached to an aromatic ring is 1. The average molecular weight is 373 g/mol. The van der Waals surface area contributed by atoms with Crippen LogP contribution in [0.15, 0.2) is 42.9 Å². The molecule has 6 nitrogen and oxygen atoms in total. The molecule has 2 heterocycles. The number of anilines is 1. The van der Waals surface area contributed by atoms with Crippen LogP contribution in [-0.4, -0.2) is 38.6 Å². The van der Waals surface area contributed by atoms with Crippen LogP contribution in [0.2, 0.25) is 0 Å². The van der Waals surface area contributed by atoms with Gasteiger partial charge in [-0.25, -0.2) is 23.4 Å². The molecule has 0 radical (unpaired) electrons. The first-order valence-electron chi connectivity index (χ1n) is 9.02. The van der Waals surface area contributed by atoms with Crippen molar-refractivity contribution in [1.29, 1.82) is 0 Å². The summed E-state index contributed by atoms with van der Waals surface area (Å²) >= 11 is 0. The molecule has 1 saturated carbocycles. The Bertz CT molecular complexity index is 904. The maximum absolute atomic E-state index is 14.7. The first-order valence-corrected chi connectivity index (χ1v) is 9.02. The van der Waals surface area contributed by atoms with Crippen LogP contribution >= 0.6 is 0 Å². The molecule has 0 bridgehead atoms. The Balaban J connectivity index is 1.38. The van der Waals surface area contributed by atoms with Crippen molar-refractivity contribution < 1.29 is 13.5 Å². The molecular weight excluding hydrogens is 352 g/mol. The first-order chi connectivity index (χ1) is 13.1. The Labute approximate surface area is 155 Å². The fourth-order valence-electron chi connectivity index (χ4n) is 3.59. The molecule has 1 aliphatic carbocycles. The van der Waals surface area contributed by atoms with Crippen LogP contribution in [0.25, 0.3) is 11.0 Å². The molecule has 4 rings (SSSR count). The van der Waals surface area contributed by atoms with Gasteiger partial charge in [0.05, 0.1) is 30.3 Å². The van der Waals surface area contributed by atoms with E-state index in [1.54, 1.807) is 35.1 Å². The van der Waals surface area contributed by atoms with E-state index in [1.165, 1.54) is 6.33 Å². The van der Waals surface area contributed by atoms with Gasteiger partial charge in [0.25, 0.3) is 0 Å². The van der Waals surface area contributed by atoms with Gasteiger partial charge in [-0.15, -0.1) is 0 Å². The summed E-state index contributed by atoms with van der Waals surface area (Å²) in [5.41, 5.74) is 6.98. The molecule has 4 unspecified atom stereocenters.